The molecule has 0 spiro atoms. The van der Waals surface area contributed by atoms with E-state index in [4.69, 9.17) is 15.0 Å². The summed E-state index contributed by atoms with van der Waals surface area (Å²) in [4.78, 5) is 17.5. The minimum absolute atomic E-state index is 0.168. The molecule has 0 saturated carbocycles. The van der Waals surface area contributed by atoms with Crippen LogP contribution in [0.2, 0.25) is 10.2 Å². The first-order valence-electron chi connectivity index (χ1n) is 28.3. The van der Waals surface area contributed by atoms with Gasteiger partial charge >= 0.3 is 0 Å². The van der Waals surface area contributed by atoms with Gasteiger partial charge in [0.05, 0.1) is 52.6 Å². The normalized spacial score (nSPS) is 13.1. The highest BCUT2D eigenvalue weighted by atomic mass is 15.2. The Bertz CT molecular complexity index is 3920. The third-order valence-corrected chi connectivity index (χ3v) is 21.4. The fraction of sp³-hybridized carbons (Fsp3) is 0.0714. The Balaban J connectivity index is 1.55. The van der Waals surface area contributed by atoms with Crippen LogP contribution in [0.3, 0.4) is 0 Å². The molecule has 76 heavy (non-hydrogen) atoms. The van der Waals surface area contributed by atoms with E-state index in [1.165, 1.54) is 186 Å². The third-order valence-electron chi connectivity index (χ3n) is 21.4. The van der Waals surface area contributed by atoms with Crippen LogP contribution in [0.25, 0.3) is 72.8 Å². The zero-order valence-electron chi connectivity index (χ0n) is 52.8. The van der Waals surface area contributed by atoms with Crippen molar-refractivity contribution in [2.24, 2.45) is 0 Å². The van der Waals surface area contributed by atoms with Crippen molar-refractivity contribution in [3.8, 4) is 51.0 Å². The molecule has 2 aromatic heterocycles. The van der Waals surface area contributed by atoms with Crippen LogP contribution in [0, 0.1) is 0 Å². The van der Waals surface area contributed by atoms with Crippen molar-refractivity contribution >= 4 is 388 Å². The average Bonchev–Trinajstić information content (AvgIpc) is 3.93. The molecule has 9 rings (SSSR count). The van der Waals surface area contributed by atoms with Crippen molar-refractivity contribution < 1.29 is 0 Å². The summed E-state index contributed by atoms with van der Waals surface area (Å²) < 4.78 is 2.52. The van der Waals surface area contributed by atoms with E-state index in [-0.39, 0.29) is 15.6 Å². The molecule has 1 aliphatic carbocycles. The van der Waals surface area contributed by atoms with Crippen LogP contribution >= 0.6 is 0 Å². The molecule has 338 valence electrons. The molecule has 6 aromatic carbocycles. The van der Waals surface area contributed by atoms with E-state index in [0.717, 1.165) is 22.8 Å². The highest BCUT2D eigenvalue weighted by Gasteiger charge is 2.58. The summed E-state index contributed by atoms with van der Waals surface area (Å²) in [5, 5.41) is 2.28. The molecule has 0 bridgehead atoms. The zero-order chi connectivity index (χ0) is 56.7. The molecular formula is C42H60B30N4. The Morgan fingerprint density at radius 3 is 0.921 bits per heavy atom. The van der Waals surface area contributed by atoms with E-state index in [1.54, 1.807) is 0 Å². The topological polar surface area (TPSA) is 43.6 Å². The number of fused-ring (bicyclic) bond motifs is 6. The molecule has 0 atom stereocenters. The second kappa shape index (κ2) is 18.6. The van der Waals surface area contributed by atoms with Crippen LogP contribution in [-0.4, -0.2) is 255 Å². The molecule has 2 heterocycles. The van der Waals surface area contributed by atoms with Crippen LogP contribution in [-0.2, 0) is 5.41 Å². The van der Waals surface area contributed by atoms with Crippen molar-refractivity contribution in [2.75, 3.05) is 0 Å². The highest BCUT2D eigenvalue weighted by Crippen LogP contribution is 2.63. The lowest BCUT2D eigenvalue weighted by atomic mass is 9.17. The maximum Gasteiger partial charge on any atom is 0.238 e. The van der Waals surface area contributed by atoms with Crippen LogP contribution in [0.4, 0.5) is 0 Å². The van der Waals surface area contributed by atoms with Gasteiger partial charge in [-0.05, 0) is 44.2 Å². The average molecular weight is 945 g/mol. The van der Waals surface area contributed by atoms with Crippen LogP contribution in [0.5, 0.6) is 0 Å². The van der Waals surface area contributed by atoms with Gasteiger partial charge in [-0.15, -0.1) is 49.2 Å². The van der Waals surface area contributed by atoms with E-state index in [9.17, 15) is 0 Å². The minimum atomic E-state index is -0.352. The number of aromatic nitrogens is 4. The monoisotopic (exact) mass is 951 g/mol. The first-order valence-corrected chi connectivity index (χ1v) is 28.3. The summed E-state index contributed by atoms with van der Waals surface area (Å²) >= 11 is 0. The SMILES string of the molecule is Bc1c(B)c(B)c(-c2nc(-c3c(B)c(B)c(-c4c(B)c(B)c(B)c(B)c4B)c(B)c3B)nc(-n3c4c(B)c(B)c(B)c(B)c4c4c(B)c5c(c(B)c43)C(C(B)(B)B)(C(B)(B)B)c3c(B)c(B)c(B)c(B)c3-5)n2)c(B)c1B. The van der Waals surface area contributed by atoms with Crippen molar-refractivity contribution in [2.45, 2.75) is 15.6 Å². The minimum Gasteiger partial charge on any atom is -0.279 e. The Hall–Kier alpha value is -3.92. The second-order valence-corrected chi connectivity index (χ2v) is 26.3. The maximum absolute atomic E-state index is 5.93. The van der Waals surface area contributed by atoms with Gasteiger partial charge in [0.15, 0.2) is 11.6 Å². The van der Waals surface area contributed by atoms with E-state index < -0.39 is 0 Å². The highest BCUT2D eigenvalue weighted by molar-refractivity contribution is 6.75. The van der Waals surface area contributed by atoms with E-state index in [2.05, 4.69) is 240 Å². The van der Waals surface area contributed by atoms with Crippen molar-refractivity contribution in [1.82, 2.24) is 19.5 Å². The predicted octanol–water partition coefficient (Wildman–Crippen LogP) is -37.6. The first-order chi connectivity index (χ1) is 35.0. The zero-order valence-corrected chi connectivity index (χ0v) is 52.8. The Labute approximate surface area is 482 Å². The Morgan fingerprint density at radius 1 is 0.250 bits per heavy atom. The van der Waals surface area contributed by atoms with Gasteiger partial charge in [0.1, 0.15) is 188 Å². The summed E-state index contributed by atoms with van der Waals surface area (Å²) in [6.45, 7) is 0. The lowest BCUT2D eigenvalue weighted by Gasteiger charge is -2.56. The van der Waals surface area contributed by atoms with Gasteiger partial charge in [0, 0.05) is 22.0 Å². The van der Waals surface area contributed by atoms with Crippen molar-refractivity contribution in [3.05, 3.63) is 11.1 Å². The molecule has 0 unspecified atom stereocenters. The summed E-state index contributed by atoms with van der Waals surface area (Å²) in [6.07, 6.45) is 0. The molecule has 0 fully saturated rings. The number of rotatable bonds is 6. The summed E-state index contributed by atoms with van der Waals surface area (Å²) in [6, 6.07) is 0. The molecule has 8 aromatic rings. The summed E-state index contributed by atoms with van der Waals surface area (Å²) in [5.41, 5.74) is 44.5. The number of benzene rings is 6. The summed E-state index contributed by atoms with van der Waals surface area (Å²) in [5.74, 6) is 2.12. The fourth-order valence-corrected chi connectivity index (χ4v) is 15.8. The standard InChI is InChI=1S/C42H60B30N4/c43-11-1-2-9(22(54)30(62)24(56)12(2)44)40(41(67,68)69,42(70,71)72)10(1)23(55)35-5(11)6-17(49)27(59)33(65)34(66)36(6)76(35)39-74-37(73-38(75-39)8-20(52)28(60)32(64)29(61)21(8)53)7-18(50)13(45)3(14(46)19(7)51)4-15(47)25(57)31(63)26(58)16(4)48/h43-72H2. The number of nitrogens with zero attached hydrogens (tertiary/aromatic N) is 4. The van der Waals surface area contributed by atoms with Crippen molar-refractivity contribution in [3.63, 3.8) is 0 Å². The van der Waals surface area contributed by atoms with Gasteiger partial charge in [-0.2, -0.15) is 9.97 Å². The smallest absolute Gasteiger partial charge is 0.238 e. The van der Waals surface area contributed by atoms with Crippen molar-refractivity contribution in [1.29, 1.82) is 0 Å². The molecule has 0 aliphatic heterocycles. The fourth-order valence-electron chi connectivity index (χ4n) is 15.8. The van der Waals surface area contributed by atoms with Gasteiger partial charge in [-0.1, -0.05) is 92.2 Å². The van der Waals surface area contributed by atoms with Crippen LogP contribution in [0.1, 0.15) is 11.1 Å². The summed E-state index contributed by atoms with van der Waals surface area (Å²) in [7, 11) is 70.8. The van der Waals surface area contributed by atoms with Gasteiger partial charge in [-0.25, -0.2) is 4.98 Å². The Kier molecular flexibility index (Phi) is 13.9. The molecule has 0 N–H and O–H groups in total. The second-order valence-electron chi connectivity index (χ2n) is 26.3. The predicted molar refractivity (Wildman–Crippen MR) is 430 cm³/mol. The van der Waals surface area contributed by atoms with E-state index >= 15 is 0 Å². The van der Waals surface area contributed by atoms with E-state index in [1.807, 2.05) is 0 Å². The lowest BCUT2D eigenvalue weighted by molar-refractivity contribution is 0.540. The molecule has 0 saturated heterocycles. The number of hydrogen-bond acceptors (Lipinski definition) is 3. The molecule has 4 nitrogen and oxygen atoms in total. The first kappa shape index (κ1) is 56.8. The quantitative estimate of drug-likeness (QED) is 0.156. The molecule has 34 heteroatoms. The van der Waals surface area contributed by atoms with Gasteiger partial charge < -0.3 is 0 Å². The Morgan fingerprint density at radius 2 is 0.513 bits per heavy atom. The van der Waals surface area contributed by atoms with E-state index in [0.29, 0.717) is 5.95 Å². The maximum atomic E-state index is 5.93. The van der Waals surface area contributed by atoms with Gasteiger partial charge in [0.2, 0.25) is 5.95 Å². The molecule has 0 radical (unpaired) electrons. The third kappa shape index (κ3) is 7.30. The molecular weight excluding hydrogens is 885 g/mol. The van der Waals surface area contributed by atoms with Gasteiger partial charge in [0.25, 0.3) is 0 Å². The molecule has 1 aliphatic rings. The number of hydrogen-bond donors (Lipinski definition) is 0. The molecule has 0 amide bonds. The van der Waals surface area contributed by atoms with Gasteiger partial charge in [-0.3, -0.25) is 4.57 Å². The lowest BCUT2D eigenvalue weighted by Crippen LogP contribution is -2.59. The largest absolute Gasteiger partial charge is 0.279 e. The van der Waals surface area contributed by atoms with Crippen LogP contribution < -0.4 is 131 Å². The van der Waals surface area contributed by atoms with Crippen LogP contribution in [0.15, 0.2) is 0 Å².